The first-order valence-electron chi connectivity index (χ1n) is 7.04. The third-order valence-corrected chi connectivity index (χ3v) is 4.75. The maximum atomic E-state index is 12.0. The Labute approximate surface area is 120 Å². The first kappa shape index (κ1) is 11.0. The molecule has 3 heteroatoms. The van der Waals surface area contributed by atoms with Crippen molar-refractivity contribution in [1.29, 1.82) is 0 Å². The minimum Gasteiger partial charge on any atom is -0.295 e. The highest BCUT2D eigenvalue weighted by Gasteiger charge is 2.53. The van der Waals surface area contributed by atoms with Crippen LogP contribution >= 0.6 is 0 Å². The van der Waals surface area contributed by atoms with Gasteiger partial charge in [-0.25, -0.2) is 0 Å². The topological polar surface area (TPSA) is 46.2 Å². The van der Waals surface area contributed by atoms with E-state index in [1.807, 2.05) is 24.3 Å². The van der Waals surface area contributed by atoms with Crippen LogP contribution < -0.4 is 5.32 Å². The Morgan fingerprint density at radius 3 is 2.29 bits per heavy atom. The van der Waals surface area contributed by atoms with Crippen molar-refractivity contribution in [3.8, 4) is 0 Å². The number of nitrogens with one attached hydrogen (secondary N) is 1. The van der Waals surface area contributed by atoms with Gasteiger partial charge in [-0.3, -0.25) is 14.9 Å². The van der Waals surface area contributed by atoms with Crippen molar-refractivity contribution in [2.45, 2.75) is 11.8 Å². The van der Waals surface area contributed by atoms with Crippen molar-refractivity contribution in [3.05, 3.63) is 59.7 Å². The van der Waals surface area contributed by atoms with Crippen LogP contribution in [0.25, 0.3) is 21.5 Å². The molecule has 0 saturated carbocycles. The Bertz CT molecular complexity index is 974. The quantitative estimate of drug-likeness (QED) is 0.505. The summed E-state index contributed by atoms with van der Waals surface area (Å²) < 4.78 is 0. The minimum absolute atomic E-state index is 0.154. The third kappa shape index (κ3) is 1.24. The van der Waals surface area contributed by atoms with Gasteiger partial charge in [0.15, 0.2) is 0 Å². The summed E-state index contributed by atoms with van der Waals surface area (Å²) in [5.41, 5.74) is 2.04. The van der Waals surface area contributed by atoms with Crippen LogP contribution in [0.3, 0.4) is 0 Å². The number of hydrogen-bond donors (Lipinski definition) is 1. The molecule has 1 fully saturated rings. The monoisotopic (exact) mass is 273 g/mol. The number of rotatable bonds is 0. The van der Waals surface area contributed by atoms with Crippen molar-refractivity contribution in [1.82, 2.24) is 5.32 Å². The molecule has 2 unspecified atom stereocenters. The molecule has 5 rings (SSSR count). The highest BCUT2D eigenvalue weighted by Crippen LogP contribution is 2.52. The molecular weight excluding hydrogens is 262 g/mol. The second kappa shape index (κ2) is 3.50. The van der Waals surface area contributed by atoms with Crippen molar-refractivity contribution in [3.63, 3.8) is 0 Å². The van der Waals surface area contributed by atoms with Crippen LogP contribution in [0.2, 0.25) is 0 Å². The molecule has 0 spiro atoms. The molecule has 0 aromatic heterocycles. The number of fused-ring (bicyclic) bond motifs is 7. The summed E-state index contributed by atoms with van der Waals surface area (Å²) in [5.74, 6) is -0.878. The predicted molar refractivity (Wildman–Crippen MR) is 80.1 cm³/mol. The summed E-state index contributed by atoms with van der Waals surface area (Å²) in [6.45, 7) is 0. The van der Waals surface area contributed by atoms with Gasteiger partial charge in [0.05, 0.1) is 11.8 Å². The van der Waals surface area contributed by atoms with Gasteiger partial charge >= 0.3 is 0 Å². The second-order valence-corrected chi connectivity index (χ2v) is 5.80. The van der Waals surface area contributed by atoms with E-state index in [-0.39, 0.29) is 23.7 Å². The van der Waals surface area contributed by atoms with E-state index < -0.39 is 0 Å². The Hall–Kier alpha value is -2.68. The molecule has 1 N–H and O–H groups in total. The Kier molecular flexibility index (Phi) is 1.84. The summed E-state index contributed by atoms with van der Waals surface area (Å²) in [4.78, 5) is 23.8. The SMILES string of the molecule is O=C1NC(=O)C2c3c(ccc4cc5ccccc5cc34)C12. The summed E-state index contributed by atoms with van der Waals surface area (Å²) in [6, 6.07) is 16.5. The third-order valence-electron chi connectivity index (χ3n) is 4.75. The molecule has 3 nitrogen and oxygen atoms in total. The zero-order valence-electron chi connectivity index (χ0n) is 11.1. The second-order valence-electron chi connectivity index (χ2n) is 5.80. The Morgan fingerprint density at radius 1 is 0.762 bits per heavy atom. The standard InChI is InChI=1S/C18H11NO2/c20-17-15-12-6-5-11-7-9-3-1-2-4-10(9)8-13(11)14(12)16(15)18(21)19-17/h1-8,15-16H,(H,19,20,21). The molecule has 2 aliphatic rings. The highest BCUT2D eigenvalue weighted by atomic mass is 16.2. The molecule has 1 saturated heterocycles. The van der Waals surface area contributed by atoms with Crippen LogP contribution in [0.5, 0.6) is 0 Å². The van der Waals surface area contributed by atoms with Gasteiger partial charge in [0, 0.05) is 0 Å². The average Bonchev–Trinajstić information content (AvgIpc) is 2.69. The molecule has 1 heterocycles. The molecule has 100 valence electrons. The first-order chi connectivity index (χ1) is 10.2. The molecular formula is C18H11NO2. The van der Waals surface area contributed by atoms with Gasteiger partial charge in [0.25, 0.3) is 0 Å². The maximum absolute atomic E-state index is 12.0. The largest absolute Gasteiger partial charge is 0.295 e. The fraction of sp³-hybridized carbons (Fsp3) is 0.111. The van der Waals surface area contributed by atoms with Crippen molar-refractivity contribution >= 4 is 33.4 Å². The van der Waals surface area contributed by atoms with Gasteiger partial charge in [-0.15, -0.1) is 0 Å². The number of imide groups is 1. The summed E-state index contributed by atoms with van der Waals surface area (Å²) in [7, 11) is 0. The zero-order valence-corrected chi connectivity index (χ0v) is 11.1. The highest BCUT2D eigenvalue weighted by molar-refractivity contribution is 6.16. The van der Waals surface area contributed by atoms with Gasteiger partial charge in [0.2, 0.25) is 11.8 Å². The van der Waals surface area contributed by atoms with E-state index in [0.717, 1.165) is 27.3 Å². The molecule has 0 bridgehead atoms. The molecule has 2 atom stereocenters. The number of hydrogen-bond acceptors (Lipinski definition) is 2. The van der Waals surface area contributed by atoms with Gasteiger partial charge in [-0.1, -0.05) is 36.4 Å². The normalized spacial score (nSPS) is 22.9. The fourth-order valence-corrected chi connectivity index (χ4v) is 3.77. The molecule has 1 aliphatic heterocycles. The van der Waals surface area contributed by atoms with E-state index in [1.54, 1.807) is 0 Å². The lowest BCUT2D eigenvalue weighted by molar-refractivity contribution is -0.125. The van der Waals surface area contributed by atoms with E-state index in [2.05, 4.69) is 29.6 Å². The predicted octanol–water partition coefficient (Wildman–Crippen LogP) is 2.83. The van der Waals surface area contributed by atoms with Crippen LogP contribution in [0.15, 0.2) is 48.5 Å². The Morgan fingerprint density at radius 2 is 1.48 bits per heavy atom. The molecule has 3 aromatic rings. The van der Waals surface area contributed by atoms with E-state index in [4.69, 9.17) is 0 Å². The number of benzene rings is 3. The van der Waals surface area contributed by atoms with E-state index in [1.165, 1.54) is 5.39 Å². The number of carbonyl (C=O) groups is 2. The summed E-state index contributed by atoms with van der Waals surface area (Å²) in [5, 5.41) is 7.01. The van der Waals surface area contributed by atoms with Gasteiger partial charge in [-0.05, 0) is 44.8 Å². The minimum atomic E-state index is -0.294. The molecule has 1 aliphatic carbocycles. The maximum Gasteiger partial charge on any atom is 0.235 e. The van der Waals surface area contributed by atoms with Crippen LogP contribution in [-0.4, -0.2) is 11.8 Å². The molecule has 2 amide bonds. The lowest BCUT2D eigenvalue weighted by atomic mass is 9.67. The molecule has 3 aromatic carbocycles. The van der Waals surface area contributed by atoms with Crippen LogP contribution in [0.1, 0.15) is 23.0 Å². The Balaban J connectivity index is 1.87. The zero-order chi connectivity index (χ0) is 14.1. The van der Waals surface area contributed by atoms with Crippen LogP contribution in [-0.2, 0) is 9.59 Å². The first-order valence-corrected chi connectivity index (χ1v) is 7.04. The molecule has 21 heavy (non-hydrogen) atoms. The van der Waals surface area contributed by atoms with Crippen molar-refractivity contribution in [2.75, 3.05) is 0 Å². The number of amides is 2. The lowest BCUT2D eigenvalue weighted by Gasteiger charge is -2.32. The smallest absolute Gasteiger partial charge is 0.235 e. The van der Waals surface area contributed by atoms with Crippen LogP contribution in [0.4, 0.5) is 0 Å². The van der Waals surface area contributed by atoms with Crippen molar-refractivity contribution in [2.24, 2.45) is 0 Å². The van der Waals surface area contributed by atoms with Gasteiger partial charge < -0.3 is 0 Å². The summed E-state index contributed by atoms with van der Waals surface area (Å²) in [6.07, 6.45) is 0. The van der Waals surface area contributed by atoms with Gasteiger partial charge in [0.1, 0.15) is 0 Å². The lowest BCUT2D eigenvalue weighted by Crippen LogP contribution is -2.26. The van der Waals surface area contributed by atoms with E-state index >= 15 is 0 Å². The summed E-state index contributed by atoms with van der Waals surface area (Å²) >= 11 is 0. The molecule has 0 radical (unpaired) electrons. The van der Waals surface area contributed by atoms with Gasteiger partial charge in [-0.2, -0.15) is 0 Å². The average molecular weight is 273 g/mol. The van der Waals surface area contributed by atoms with Crippen molar-refractivity contribution < 1.29 is 9.59 Å². The fourth-order valence-electron chi connectivity index (χ4n) is 3.77. The number of carbonyl (C=O) groups excluding carboxylic acids is 2. The van der Waals surface area contributed by atoms with Crippen LogP contribution in [0, 0.1) is 0 Å². The van der Waals surface area contributed by atoms with E-state index in [9.17, 15) is 9.59 Å². The van der Waals surface area contributed by atoms with E-state index in [0.29, 0.717) is 0 Å².